The molecule has 0 amide bonds. The van der Waals surface area contributed by atoms with Gasteiger partial charge in [-0.3, -0.25) is 0 Å². The average molecular weight is 323 g/mol. The maximum atomic E-state index is 10.5. The average Bonchev–Trinajstić information content (AvgIpc) is 2.82. The van der Waals surface area contributed by atoms with Crippen LogP contribution in [0.4, 0.5) is 0 Å². The topological polar surface area (TPSA) is 64.3 Å². The van der Waals surface area contributed by atoms with E-state index in [1.165, 1.54) is 6.08 Å². The van der Waals surface area contributed by atoms with E-state index in [2.05, 4.69) is 20.9 Å². The summed E-state index contributed by atoms with van der Waals surface area (Å²) in [4.78, 5) is 14.6. The van der Waals surface area contributed by atoms with E-state index in [0.717, 1.165) is 21.9 Å². The molecule has 0 aliphatic rings. The van der Waals surface area contributed by atoms with Crippen molar-refractivity contribution in [1.29, 1.82) is 0 Å². The summed E-state index contributed by atoms with van der Waals surface area (Å²) < 4.78 is 7.85. The molecule has 0 fully saturated rings. The lowest BCUT2D eigenvalue weighted by Crippen LogP contribution is -1.96. The molecule has 0 bridgehead atoms. The molecule has 0 aliphatic heterocycles. The number of imidazole rings is 1. The van der Waals surface area contributed by atoms with Gasteiger partial charge in [0.15, 0.2) is 0 Å². The van der Waals surface area contributed by atoms with E-state index in [1.54, 1.807) is 19.5 Å². The molecule has 5 nitrogen and oxygen atoms in total. The zero-order valence-electron chi connectivity index (χ0n) is 10.1. The lowest BCUT2D eigenvalue weighted by Gasteiger charge is -2.09. The van der Waals surface area contributed by atoms with Crippen molar-refractivity contribution in [3.05, 3.63) is 47.0 Å². The SMILES string of the molecule is COc1cc(C=CC(=O)O)ccc1-n1cnc(Br)c1. The fourth-order valence-electron chi connectivity index (χ4n) is 1.61. The maximum Gasteiger partial charge on any atom is 0.328 e. The number of hydrogen-bond donors (Lipinski definition) is 1. The van der Waals surface area contributed by atoms with Crippen LogP contribution in [-0.4, -0.2) is 27.7 Å². The number of aliphatic carboxylic acids is 1. The summed E-state index contributed by atoms with van der Waals surface area (Å²) in [6.45, 7) is 0. The van der Waals surface area contributed by atoms with Gasteiger partial charge < -0.3 is 14.4 Å². The van der Waals surface area contributed by atoms with Crippen molar-refractivity contribution in [3.63, 3.8) is 0 Å². The van der Waals surface area contributed by atoms with Crippen molar-refractivity contribution in [2.45, 2.75) is 0 Å². The number of aromatic nitrogens is 2. The number of hydrogen-bond acceptors (Lipinski definition) is 3. The van der Waals surface area contributed by atoms with Crippen LogP contribution >= 0.6 is 15.9 Å². The number of methoxy groups -OCH3 is 1. The van der Waals surface area contributed by atoms with Gasteiger partial charge in [0.25, 0.3) is 0 Å². The molecule has 0 saturated heterocycles. The first-order chi connectivity index (χ1) is 9.10. The molecule has 1 aromatic heterocycles. The zero-order chi connectivity index (χ0) is 13.8. The third-order valence-corrected chi connectivity index (χ3v) is 2.86. The van der Waals surface area contributed by atoms with Gasteiger partial charge in [-0.25, -0.2) is 9.78 Å². The Hall–Kier alpha value is -2.08. The minimum Gasteiger partial charge on any atom is -0.495 e. The predicted molar refractivity (Wildman–Crippen MR) is 74.5 cm³/mol. The number of nitrogens with zero attached hydrogens (tertiary/aromatic N) is 2. The Bertz CT molecular complexity index is 635. The molecule has 1 aromatic carbocycles. The van der Waals surface area contributed by atoms with Crippen molar-refractivity contribution in [2.75, 3.05) is 7.11 Å². The summed E-state index contributed by atoms with van der Waals surface area (Å²) in [5.41, 5.74) is 1.58. The molecule has 2 rings (SSSR count). The van der Waals surface area contributed by atoms with E-state index in [1.807, 2.05) is 22.9 Å². The normalized spacial score (nSPS) is 10.8. The molecule has 0 unspecified atom stereocenters. The first kappa shape index (κ1) is 13.4. The van der Waals surface area contributed by atoms with Gasteiger partial charge in [0, 0.05) is 12.3 Å². The van der Waals surface area contributed by atoms with Crippen LogP contribution in [0.15, 0.2) is 41.4 Å². The van der Waals surface area contributed by atoms with E-state index in [9.17, 15) is 4.79 Å². The van der Waals surface area contributed by atoms with Gasteiger partial charge in [-0.05, 0) is 39.7 Å². The van der Waals surface area contributed by atoms with Crippen LogP contribution in [-0.2, 0) is 4.79 Å². The summed E-state index contributed by atoms with van der Waals surface area (Å²) in [5, 5.41) is 8.60. The number of carboxylic acids is 1. The van der Waals surface area contributed by atoms with Crippen molar-refractivity contribution in [2.24, 2.45) is 0 Å². The van der Waals surface area contributed by atoms with E-state index >= 15 is 0 Å². The summed E-state index contributed by atoms with van der Waals surface area (Å²) >= 11 is 3.28. The first-order valence-electron chi connectivity index (χ1n) is 5.39. The molecule has 0 atom stereocenters. The van der Waals surface area contributed by atoms with E-state index in [-0.39, 0.29) is 0 Å². The van der Waals surface area contributed by atoms with E-state index in [4.69, 9.17) is 9.84 Å². The second-order valence-corrected chi connectivity index (χ2v) is 4.52. The first-order valence-corrected chi connectivity index (χ1v) is 6.18. The largest absolute Gasteiger partial charge is 0.495 e. The molecule has 0 aliphatic carbocycles. The molecule has 0 saturated carbocycles. The van der Waals surface area contributed by atoms with E-state index < -0.39 is 5.97 Å². The molecule has 6 heteroatoms. The number of rotatable bonds is 4. The second kappa shape index (κ2) is 5.71. The quantitative estimate of drug-likeness (QED) is 0.879. The van der Waals surface area contributed by atoms with Gasteiger partial charge in [-0.1, -0.05) is 6.07 Å². The highest BCUT2D eigenvalue weighted by Gasteiger charge is 2.06. The third-order valence-electron chi connectivity index (χ3n) is 2.45. The number of carbonyl (C=O) groups is 1. The second-order valence-electron chi connectivity index (χ2n) is 3.71. The standard InChI is InChI=1S/C13H11BrN2O3/c1-19-11-6-9(3-5-13(17)18)2-4-10(11)16-7-12(14)15-8-16/h2-8H,1H3,(H,17,18). The van der Waals surface area contributed by atoms with Crippen molar-refractivity contribution < 1.29 is 14.6 Å². The van der Waals surface area contributed by atoms with Gasteiger partial charge >= 0.3 is 5.97 Å². The minimum atomic E-state index is -0.985. The van der Waals surface area contributed by atoms with Crippen LogP contribution in [0, 0.1) is 0 Å². The molecular formula is C13H11BrN2O3. The van der Waals surface area contributed by atoms with Gasteiger partial charge in [0.05, 0.1) is 12.8 Å². The van der Waals surface area contributed by atoms with Crippen LogP contribution in [0.25, 0.3) is 11.8 Å². The molecular weight excluding hydrogens is 312 g/mol. The molecule has 2 aromatic rings. The Labute approximate surface area is 118 Å². The van der Waals surface area contributed by atoms with Gasteiger partial charge in [0.1, 0.15) is 16.7 Å². The van der Waals surface area contributed by atoms with Gasteiger partial charge in [-0.2, -0.15) is 0 Å². The Morgan fingerprint density at radius 3 is 2.89 bits per heavy atom. The molecule has 98 valence electrons. The van der Waals surface area contributed by atoms with Crippen LogP contribution < -0.4 is 4.74 Å². The highest BCUT2D eigenvalue weighted by atomic mass is 79.9. The van der Waals surface area contributed by atoms with Crippen molar-refractivity contribution in [3.8, 4) is 11.4 Å². The fourth-order valence-corrected chi connectivity index (χ4v) is 1.92. The minimum absolute atomic E-state index is 0.637. The Morgan fingerprint density at radius 1 is 1.53 bits per heavy atom. The summed E-state index contributed by atoms with van der Waals surface area (Å²) in [5.74, 6) is -0.348. The Balaban J connectivity index is 2.39. The Morgan fingerprint density at radius 2 is 2.32 bits per heavy atom. The molecule has 1 heterocycles. The number of ether oxygens (including phenoxy) is 1. The summed E-state index contributed by atoms with van der Waals surface area (Å²) in [7, 11) is 1.56. The number of benzene rings is 1. The number of halogens is 1. The third kappa shape index (κ3) is 3.23. The van der Waals surface area contributed by atoms with Crippen LogP contribution in [0.5, 0.6) is 5.75 Å². The maximum absolute atomic E-state index is 10.5. The predicted octanol–water partition coefficient (Wildman–Crippen LogP) is 2.74. The van der Waals surface area contributed by atoms with E-state index in [0.29, 0.717) is 5.75 Å². The number of carboxylic acid groups (broad SMARTS) is 1. The lowest BCUT2D eigenvalue weighted by molar-refractivity contribution is -0.131. The van der Waals surface area contributed by atoms with Crippen LogP contribution in [0.1, 0.15) is 5.56 Å². The van der Waals surface area contributed by atoms with Gasteiger partial charge in [0.2, 0.25) is 0 Å². The monoisotopic (exact) mass is 322 g/mol. The summed E-state index contributed by atoms with van der Waals surface area (Å²) in [6, 6.07) is 5.42. The molecule has 0 radical (unpaired) electrons. The zero-order valence-corrected chi connectivity index (χ0v) is 11.7. The smallest absolute Gasteiger partial charge is 0.328 e. The lowest BCUT2D eigenvalue weighted by atomic mass is 10.1. The molecule has 0 spiro atoms. The highest BCUT2D eigenvalue weighted by Crippen LogP contribution is 2.25. The van der Waals surface area contributed by atoms with Crippen LogP contribution in [0.3, 0.4) is 0 Å². The van der Waals surface area contributed by atoms with Crippen molar-refractivity contribution >= 4 is 28.0 Å². The van der Waals surface area contributed by atoms with Crippen molar-refractivity contribution in [1.82, 2.24) is 9.55 Å². The highest BCUT2D eigenvalue weighted by molar-refractivity contribution is 9.10. The summed E-state index contributed by atoms with van der Waals surface area (Å²) in [6.07, 6.45) is 6.07. The van der Waals surface area contributed by atoms with Gasteiger partial charge in [-0.15, -0.1) is 0 Å². The molecule has 19 heavy (non-hydrogen) atoms. The fraction of sp³-hybridized carbons (Fsp3) is 0.0769. The Kier molecular flexibility index (Phi) is 4.01. The van der Waals surface area contributed by atoms with Crippen LogP contribution in [0.2, 0.25) is 0 Å². The molecule has 1 N–H and O–H groups in total.